The Kier molecular flexibility index (Phi) is 3.76. The molecule has 0 aliphatic rings. The summed E-state index contributed by atoms with van der Waals surface area (Å²) in [5.41, 5.74) is 0.0474. The molecule has 0 spiro atoms. The molecule has 0 fully saturated rings. The first-order valence-corrected chi connectivity index (χ1v) is 6.37. The molecule has 3 nitrogen and oxygen atoms in total. The van der Waals surface area contributed by atoms with Crippen molar-refractivity contribution in [1.29, 1.82) is 0 Å². The van der Waals surface area contributed by atoms with Crippen molar-refractivity contribution in [2.45, 2.75) is 12.7 Å². The molecular weight excluding hydrogens is 379 g/mol. The van der Waals surface area contributed by atoms with Crippen LogP contribution in [0.5, 0.6) is 0 Å². The summed E-state index contributed by atoms with van der Waals surface area (Å²) in [7, 11) is 0. The van der Waals surface area contributed by atoms with E-state index in [1.54, 1.807) is 0 Å². The number of nitrogens with zero attached hydrogens (tertiary/aromatic N) is 3. The zero-order valence-corrected chi connectivity index (χ0v) is 11.9. The second-order valence-electron chi connectivity index (χ2n) is 3.52. The largest absolute Gasteiger partial charge is 0.416 e. The zero-order valence-electron chi connectivity index (χ0n) is 8.75. The van der Waals surface area contributed by atoms with Gasteiger partial charge in [0.15, 0.2) is 4.60 Å². The number of benzene rings is 1. The Morgan fingerprint density at radius 3 is 2.17 bits per heavy atom. The molecule has 0 bridgehead atoms. The van der Waals surface area contributed by atoms with E-state index in [2.05, 4.69) is 42.2 Å². The first-order chi connectivity index (χ1) is 8.38. The van der Waals surface area contributed by atoms with Gasteiger partial charge in [0.1, 0.15) is 4.60 Å². The van der Waals surface area contributed by atoms with Crippen molar-refractivity contribution in [2.24, 2.45) is 0 Å². The van der Waals surface area contributed by atoms with E-state index >= 15 is 0 Å². The Bertz CT molecular complexity index is 548. The average Bonchev–Trinajstić information content (AvgIpc) is 2.61. The van der Waals surface area contributed by atoms with Crippen LogP contribution in [0.4, 0.5) is 13.2 Å². The standard InChI is InChI=1S/C10H6Br2F3N3/c11-8-9(12)18(17-16-8)5-6-1-3-7(4-2-6)10(13,14)15/h1-4H,5H2. The summed E-state index contributed by atoms with van der Waals surface area (Å²) >= 11 is 6.44. The number of halogens is 5. The smallest absolute Gasteiger partial charge is 0.233 e. The minimum atomic E-state index is -4.31. The summed E-state index contributed by atoms with van der Waals surface area (Å²) in [6.07, 6.45) is -4.31. The Hall–Kier alpha value is -0.890. The maximum Gasteiger partial charge on any atom is 0.416 e. The molecule has 0 aliphatic heterocycles. The van der Waals surface area contributed by atoms with Crippen molar-refractivity contribution >= 4 is 31.9 Å². The first kappa shape index (κ1) is 13.5. The summed E-state index contributed by atoms with van der Waals surface area (Å²) in [6, 6.07) is 4.94. The highest BCUT2D eigenvalue weighted by atomic mass is 79.9. The van der Waals surface area contributed by atoms with Crippen molar-refractivity contribution < 1.29 is 13.2 Å². The topological polar surface area (TPSA) is 30.7 Å². The van der Waals surface area contributed by atoms with Gasteiger partial charge in [0, 0.05) is 0 Å². The van der Waals surface area contributed by atoms with Crippen molar-refractivity contribution in [1.82, 2.24) is 15.0 Å². The third-order valence-corrected chi connectivity index (χ3v) is 4.10. The first-order valence-electron chi connectivity index (χ1n) is 4.78. The number of hydrogen-bond donors (Lipinski definition) is 0. The summed E-state index contributed by atoms with van der Waals surface area (Å²) in [5, 5.41) is 7.60. The molecule has 1 aromatic heterocycles. The Morgan fingerprint density at radius 2 is 1.72 bits per heavy atom. The van der Waals surface area contributed by atoms with Gasteiger partial charge in [0.05, 0.1) is 12.1 Å². The molecule has 0 radical (unpaired) electrons. The molecule has 2 rings (SSSR count). The fraction of sp³-hybridized carbons (Fsp3) is 0.200. The molecule has 8 heteroatoms. The molecule has 0 aliphatic carbocycles. The van der Waals surface area contributed by atoms with Crippen LogP contribution in [0.1, 0.15) is 11.1 Å². The molecule has 1 heterocycles. The van der Waals surface area contributed by atoms with Crippen molar-refractivity contribution in [3.63, 3.8) is 0 Å². The lowest BCUT2D eigenvalue weighted by Crippen LogP contribution is -2.06. The predicted octanol–water partition coefficient (Wildman–Crippen LogP) is 3.87. The molecular formula is C10H6Br2F3N3. The molecule has 0 unspecified atom stereocenters. The third-order valence-electron chi connectivity index (χ3n) is 2.25. The van der Waals surface area contributed by atoms with E-state index in [9.17, 15) is 13.2 Å². The van der Waals surface area contributed by atoms with Crippen LogP contribution in [0, 0.1) is 0 Å². The highest BCUT2D eigenvalue weighted by Crippen LogP contribution is 2.29. The van der Waals surface area contributed by atoms with Gasteiger partial charge >= 0.3 is 6.18 Å². The lowest BCUT2D eigenvalue weighted by atomic mass is 10.1. The van der Waals surface area contributed by atoms with Crippen molar-refractivity contribution in [3.05, 3.63) is 44.6 Å². The monoisotopic (exact) mass is 383 g/mol. The van der Waals surface area contributed by atoms with E-state index in [-0.39, 0.29) is 0 Å². The van der Waals surface area contributed by atoms with E-state index < -0.39 is 11.7 Å². The molecule has 0 N–H and O–H groups in total. The van der Waals surface area contributed by atoms with Crippen LogP contribution in [-0.4, -0.2) is 15.0 Å². The molecule has 1 aromatic carbocycles. The van der Waals surface area contributed by atoms with Gasteiger partial charge in [-0.1, -0.05) is 17.3 Å². The number of rotatable bonds is 2. The summed E-state index contributed by atoms with van der Waals surface area (Å²) < 4.78 is 39.8. The Morgan fingerprint density at radius 1 is 1.11 bits per heavy atom. The van der Waals surface area contributed by atoms with Crippen LogP contribution in [0.25, 0.3) is 0 Å². The Balaban J connectivity index is 2.19. The minimum Gasteiger partial charge on any atom is -0.233 e. The van der Waals surface area contributed by atoms with Crippen LogP contribution in [0.3, 0.4) is 0 Å². The fourth-order valence-electron chi connectivity index (χ4n) is 1.35. The molecule has 2 aromatic rings. The molecule has 18 heavy (non-hydrogen) atoms. The van der Waals surface area contributed by atoms with Crippen molar-refractivity contribution in [3.8, 4) is 0 Å². The van der Waals surface area contributed by atoms with Gasteiger partial charge in [-0.3, -0.25) is 0 Å². The van der Waals surface area contributed by atoms with Gasteiger partial charge in [-0.15, -0.1) is 5.10 Å². The SMILES string of the molecule is FC(F)(F)c1ccc(Cn2nnc(Br)c2Br)cc1. The summed E-state index contributed by atoms with van der Waals surface area (Å²) in [6.45, 7) is 0.345. The second kappa shape index (κ2) is 5.00. The van der Waals surface area contributed by atoms with E-state index in [1.165, 1.54) is 16.8 Å². The number of aromatic nitrogens is 3. The molecule has 0 atom stereocenters. The number of hydrogen-bond acceptors (Lipinski definition) is 2. The van der Waals surface area contributed by atoms with Gasteiger partial charge in [0.2, 0.25) is 0 Å². The lowest BCUT2D eigenvalue weighted by Gasteiger charge is -2.07. The normalized spacial score (nSPS) is 11.8. The Labute approximate surface area is 117 Å². The molecule has 0 saturated carbocycles. The van der Waals surface area contributed by atoms with Crippen LogP contribution in [-0.2, 0) is 12.7 Å². The van der Waals surface area contributed by atoms with Gasteiger partial charge < -0.3 is 0 Å². The minimum absolute atomic E-state index is 0.345. The molecule has 0 saturated heterocycles. The zero-order chi connectivity index (χ0) is 13.3. The van der Waals surface area contributed by atoms with E-state index in [0.717, 1.165) is 12.1 Å². The highest BCUT2D eigenvalue weighted by molar-refractivity contribution is 9.13. The third kappa shape index (κ3) is 2.92. The van der Waals surface area contributed by atoms with E-state index in [1.807, 2.05) is 0 Å². The average molecular weight is 385 g/mol. The quantitative estimate of drug-likeness (QED) is 0.786. The molecule has 96 valence electrons. The van der Waals surface area contributed by atoms with Crippen LogP contribution >= 0.6 is 31.9 Å². The van der Waals surface area contributed by atoms with Gasteiger partial charge in [-0.25, -0.2) is 4.68 Å². The van der Waals surface area contributed by atoms with Gasteiger partial charge in [0.25, 0.3) is 0 Å². The van der Waals surface area contributed by atoms with Gasteiger partial charge in [-0.05, 0) is 49.6 Å². The maximum absolute atomic E-state index is 12.4. The van der Waals surface area contributed by atoms with Gasteiger partial charge in [-0.2, -0.15) is 13.2 Å². The maximum atomic E-state index is 12.4. The summed E-state index contributed by atoms with van der Waals surface area (Å²) in [4.78, 5) is 0. The van der Waals surface area contributed by atoms with Crippen LogP contribution < -0.4 is 0 Å². The highest BCUT2D eigenvalue weighted by Gasteiger charge is 2.29. The van der Waals surface area contributed by atoms with E-state index in [0.29, 0.717) is 21.3 Å². The molecule has 0 amide bonds. The lowest BCUT2D eigenvalue weighted by molar-refractivity contribution is -0.137. The van der Waals surface area contributed by atoms with Crippen LogP contribution in [0.15, 0.2) is 33.5 Å². The van der Waals surface area contributed by atoms with Crippen molar-refractivity contribution in [2.75, 3.05) is 0 Å². The number of alkyl halides is 3. The fourth-order valence-corrected chi connectivity index (χ4v) is 1.90. The van der Waals surface area contributed by atoms with Crippen LogP contribution in [0.2, 0.25) is 0 Å². The predicted molar refractivity (Wildman–Crippen MR) is 66.0 cm³/mol. The summed E-state index contributed by atoms with van der Waals surface area (Å²) in [5.74, 6) is 0. The second-order valence-corrected chi connectivity index (χ2v) is 5.03. The van der Waals surface area contributed by atoms with E-state index in [4.69, 9.17) is 0 Å².